The van der Waals surface area contributed by atoms with Gasteiger partial charge in [0.2, 0.25) is 0 Å². The van der Waals surface area contributed by atoms with E-state index in [0.717, 1.165) is 43.4 Å². The summed E-state index contributed by atoms with van der Waals surface area (Å²) in [5.74, 6) is -1.14. The van der Waals surface area contributed by atoms with E-state index in [9.17, 15) is 9.59 Å². The Labute approximate surface area is 152 Å². The molecule has 1 aliphatic carbocycles. The first-order chi connectivity index (χ1) is 12.5. The summed E-state index contributed by atoms with van der Waals surface area (Å²) in [6.07, 6.45) is 6.25. The van der Waals surface area contributed by atoms with Crippen LogP contribution >= 0.6 is 0 Å². The average Bonchev–Trinajstić information content (AvgIpc) is 3.17. The van der Waals surface area contributed by atoms with Gasteiger partial charge in [-0.15, -0.1) is 0 Å². The minimum Gasteiger partial charge on any atom is -0.476 e. The van der Waals surface area contributed by atoms with E-state index in [1.807, 2.05) is 24.3 Å². The van der Waals surface area contributed by atoms with Crippen molar-refractivity contribution in [2.75, 3.05) is 7.11 Å². The fourth-order valence-electron chi connectivity index (χ4n) is 3.38. The average molecular weight is 357 g/mol. The maximum absolute atomic E-state index is 12.6. The first-order valence-corrected chi connectivity index (χ1v) is 8.76. The maximum atomic E-state index is 12.6. The van der Waals surface area contributed by atoms with Crippen molar-refractivity contribution in [3.8, 4) is 5.69 Å². The molecule has 1 amide bonds. The van der Waals surface area contributed by atoms with Crippen molar-refractivity contribution in [3.05, 3.63) is 47.8 Å². The van der Waals surface area contributed by atoms with Crippen LogP contribution in [-0.2, 0) is 16.1 Å². The van der Waals surface area contributed by atoms with Crippen LogP contribution in [0.3, 0.4) is 0 Å². The highest BCUT2D eigenvalue weighted by Gasteiger charge is 2.39. The lowest BCUT2D eigenvalue weighted by molar-refractivity contribution is -0.147. The molecule has 3 rings (SSSR count). The zero-order valence-corrected chi connectivity index (χ0v) is 14.8. The summed E-state index contributed by atoms with van der Waals surface area (Å²) in [5, 5.41) is 16.0. The van der Waals surface area contributed by atoms with Crippen molar-refractivity contribution in [2.24, 2.45) is 0 Å². The highest BCUT2D eigenvalue weighted by atomic mass is 16.5. The van der Waals surface area contributed by atoms with E-state index in [-0.39, 0.29) is 11.6 Å². The van der Waals surface area contributed by atoms with Gasteiger partial charge in [-0.25, -0.2) is 9.48 Å². The van der Waals surface area contributed by atoms with Gasteiger partial charge >= 0.3 is 5.97 Å². The van der Waals surface area contributed by atoms with Crippen molar-refractivity contribution < 1.29 is 19.4 Å². The molecule has 1 heterocycles. The Morgan fingerprint density at radius 3 is 2.69 bits per heavy atom. The fourth-order valence-corrected chi connectivity index (χ4v) is 3.38. The van der Waals surface area contributed by atoms with E-state index in [0.29, 0.717) is 6.54 Å². The van der Waals surface area contributed by atoms with Gasteiger partial charge in [-0.05, 0) is 36.6 Å². The molecule has 0 atom stereocenters. The Kier molecular flexibility index (Phi) is 5.37. The molecule has 2 aromatic rings. The Balaban J connectivity index is 1.68. The summed E-state index contributed by atoms with van der Waals surface area (Å²) in [6, 6.07) is 8.92. The third kappa shape index (κ3) is 3.77. The van der Waals surface area contributed by atoms with Crippen LogP contribution in [0.5, 0.6) is 0 Å². The van der Waals surface area contributed by atoms with Crippen LogP contribution in [0.4, 0.5) is 0 Å². The standard InChI is InChI=1S/C19H23N3O4/c1-26-19(9-3-2-4-10-19)18(25)20-13-14-6-5-7-15(12-14)22-11-8-16(21-22)17(23)24/h5-8,11-12H,2-4,9-10,13H2,1H3,(H,20,25)(H,23,24). The molecular formula is C19H23N3O4. The number of aromatic nitrogens is 2. The van der Waals surface area contributed by atoms with Gasteiger partial charge in [0, 0.05) is 19.9 Å². The zero-order valence-electron chi connectivity index (χ0n) is 14.8. The van der Waals surface area contributed by atoms with Gasteiger partial charge in [0.05, 0.1) is 5.69 Å². The molecule has 1 saturated carbocycles. The lowest BCUT2D eigenvalue weighted by atomic mass is 9.84. The lowest BCUT2D eigenvalue weighted by Crippen LogP contribution is -2.49. The molecule has 26 heavy (non-hydrogen) atoms. The van der Waals surface area contributed by atoms with Gasteiger partial charge in [-0.3, -0.25) is 4.79 Å². The Morgan fingerprint density at radius 1 is 1.27 bits per heavy atom. The summed E-state index contributed by atoms with van der Waals surface area (Å²) in [4.78, 5) is 23.6. The Hall–Kier alpha value is -2.67. The summed E-state index contributed by atoms with van der Waals surface area (Å²) in [6.45, 7) is 0.380. The number of carbonyl (C=O) groups is 2. The molecule has 0 saturated heterocycles. The van der Waals surface area contributed by atoms with E-state index in [4.69, 9.17) is 9.84 Å². The number of ether oxygens (including phenoxy) is 1. The number of aromatic carboxylic acids is 1. The Morgan fingerprint density at radius 2 is 2.04 bits per heavy atom. The van der Waals surface area contributed by atoms with E-state index >= 15 is 0 Å². The lowest BCUT2D eigenvalue weighted by Gasteiger charge is -2.34. The summed E-state index contributed by atoms with van der Waals surface area (Å²) in [7, 11) is 1.60. The maximum Gasteiger partial charge on any atom is 0.356 e. The number of amides is 1. The monoisotopic (exact) mass is 357 g/mol. The fraction of sp³-hybridized carbons (Fsp3) is 0.421. The van der Waals surface area contributed by atoms with Crippen LogP contribution in [0.2, 0.25) is 0 Å². The van der Waals surface area contributed by atoms with Crippen LogP contribution < -0.4 is 5.32 Å². The van der Waals surface area contributed by atoms with Gasteiger partial charge in [-0.1, -0.05) is 31.4 Å². The molecule has 1 aliphatic rings. The number of hydrogen-bond donors (Lipinski definition) is 2. The van der Waals surface area contributed by atoms with Gasteiger partial charge < -0.3 is 15.2 Å². The van der Waals surface area contributed by atoms with Crippen LogP contribution in [0.15, 0.2) is 36.5 Å². The molecule has 1 aromatic heterocycles. The summed E-state index contributed by atoms with van der Waals surface area (Å²) in [5.41, 5.74) is 0.922. The molecule has 7 nitrogen and oxygen atoms in total. The number of rotatable bonds is 6. The van der Waals surface area contributed by atoms with Crippen LogP contribution in [0.1, 0.15) is 48.2 Å². The van der Waals surface area contributed by atoms with Crippen LogP contribution in [-0.4, -0.2) is 39.5 Å². The number of methoxy groups -OCH3 is 1. The number of carbonyl (C=O) groups excluding carboxylic acids is 1. The smallest absolute Gasteiger partial charge is 0.356 e. The number of carboxylic acid groups (broad SMARTS) is 1. The largest absolute Gasteiger partial charge is 0.476 e. The topological polar surface area (TPSA) is 93.5 Å². The Bertz CT molecular complexity index is 794. The van der Waals surface area contributed by atoms with Gasteiger partial charge in [0.1, 0.15) is 5.60 Å². The van der Waals surface area contributed by atoms with E-state index < -0.39 is 11.6 Å². The summed E-state index contributed by atoms with van der Waals surface area (Å²) >= 11 is 0. The molecule has 0 unspecified atom stereocenters. The number of nitrogens with one attached hydrogen (secondary N) is 1. The van der Waals surface area contributed by atoms with Crippen molar-refractivity contribution in [3.63, 3.8) is 0 Å². The van der Waals surface area contributed by atoms with Crippen molar-refractivity contribution in [1.29, 1.82) is 0 Å². The van der Waals surface area contributed by atoms with Gasteiger partial charge in [-0.2, -0.15) is 5.10 Å². The predicted octanol–water partition coefficient (Wildman–Crippen LogP) is 2.54. The van der Waals surface area contributed by atoms with Gasteiger partial charge in [0.25, 0.3) is 5.91 Å². The van der Waals surface area contributed by atoms with Crippen molar-refractivity contribution in [1.82, 2.24) is 15.1 Å². The normalized spacial score (nSPS) is 16.2. The number of carboxylic acids is 1. The molecule has 1 fully saturated rings. The molecule has 7 heteroatoms. The third-order valence-electron chi connectivity index (χ3n) is 4.90. The summed E-state index contributed by atoms with van der Waals surface area (Å²) < 4.78 is 7.07. The number of benzene rings is 1. The third-order valence-corrected chi connectivity index (χ3v) is 4.90. The minimum absolute atomic E-state index is 0.0111. The zero-order chi connectivity index (χ0) is 18.6. The highest BCUT2D eigenvalue weighted by Crippen LogP contribution is 2.31. The second-order valence-corrected chi connectivity index (χ2v) is 6.56. The molecule has 1 aromatic carbocycles. The minimum atomic E-state index is -1.07. The van der Waals surface area contributed by atoms with E-state index in [2.05, 4.69) is 10.4 Å². The van der Waals surface area contributed by atoms with Crippen molar-refractivity contribution in [2.45, 2.75) is 44.2 Å². The van der Waals surface area contributed by atoms with Crippen molar-refractivity contribution >= 4 is 11.9 Å². The highest BCUT2D eigenvalue weighted by molar-refractivity contribution is 5.85. The molecule has 138 valence electrons. The second kappa shape index (κ2) is 7.70. The molecule has 2 N–H and O–H groups in total. The van der Waals surface area contributed by atoms with Crippen LogP contribution in [0, 0.1) is 0 Å². The van der Waals surface area contributed by atoms with Crippen LogP contribution in [0.25, 0.3) is 5.69 Å². The molecule has 0 aliphatic heterocycles. The van der Waals surface area contributed by atoms with E-state index in [1.54, 1.807) is 13.3 Å². The molecule has 0 radical (unpaired) electrons. The molecule has 0 bridgehead atoms. The number of hydrogen-bond acceptors (Lipinski definition) is 4. The molecule has 0 spiro atoms. The quantitative estimate of drug-likeness (QED) is 0.829. The van der Waals surface area contributed by atoms with E-state index in [1.165, 1.54) is 10.7 Å². The SMILES string of the molecule is COC1(C(=O)NCc2cccc(-n3ccc(C(=O)O)n3)c2)CCCCC1. The van der Waals surface area contributed by atoms with Gasteiger partial charge in [0.15, 0.2) is 5.69 Å². The molecular weight excluding hydrogens is 334 g/mol. The first-order valence-electron chi connectivity index (χ1n) is 8.76. The first kappa shape index (κ1) is 18.1. The number of nitrogens with zero attached hydrogens (tertiary/aromatic N) is 2. The second-order valence-electron chi connectivity index (χ2n) is 6.56. The predicted molar refractivity (Wildman–Crippen MR) is 95.2 cm³/mol.